The van der Waals surface area contributed by atoms with Crippen LogP contribution in [-0.4, -0.2) is 32.2 Å². The van der Waals surface area contributed by atoms with Crippen molar-refractivity contribution in [3.05, 3.63) is 72.8 Å². The first kappa shape index (κ1) is 17.8. The second-order valence-corrected chi connectivity index (χ2v) is 7.92. The first-order valence-electron chi connectivity index (χ1n) is 10.4. The SMILES string of the molecule is c1cc2cc(-c3ccc4cc(OC5CCO5)ccc4c3)ccc2cc1OCC1CO1. The molecule has 0 saturated carbocycles. The Hall–Kier alpha value is -3.08. The van der Waals surface area contributed by atoms with Crippen LogP contribution in [0, 0.1) is 0 Å². The predicted molar refractivity (Wildman–Crippen MR) is 117 cm³/mol. The minimum Gasteiger partial charge on any atom is -0.491 e. The minimum atomic E-state index is -0.0905. The summed E-state index contributed by atoms with van der Waals surface area (Å²) in [6.07, 6.45) is 1.14. The van der Waals surface area contributed by atoms with Gasteiger partial charge in [-0.1, -0.05) is 36.4 Å². The molecule has 0 N–H and O–H groups in total. The van der Waals surface area contributed by atoms with Crippen molar-refractivity contribution in [2.24, 2.45) is 0 Å². The van der Waals surface area contributed by atoms with Gasteiger partial charge in [0.05, 0.1) is 13.2 Å². The Morgan fingerprint density at radius 1 is 0.700 bits per heavy atom. The third-order valence-corrected chi connectivity index (χ3v) is 5.72. The van der Waals surface area contributed by atoms with Crippen molar-refractivity contribution in [2.75, 3.05) is 19.8 Å². The van der Waals surface area contributed by atoms with Gasteiger partial charge in [-0.3, -0.25) is 0 Å². The molecular weight excluding hydrogens is 376 g/mol. The maximum atomic E-state index is 5.83. The number of epoxide rings is 1. The molecule has 4 heteroatoms. The Morgan fingerprint density at radius 2 is 1.27 bits per heavy atom. The van der Waals surface area contributed by atoms with Crippen LogP contribution in [0.2, 0.25) is 0 Å². The van der Waals surface area contributed by atoms with Crippen molar-refractivity contribution < 1.29 is 18.9 Å². The molecule has 4 aromatic rings. The fourth-order valence-electron chi connectivity index (χ4n) is 3.78. The molecule has 0 bridgehead atoms. The Bertz CT molecular complexity index is 1220. The van der Waals surface area contributed by atoms with Gasteiger partial charge >= 0.3 is 0 Å². The summed E-state index contributed by atoms with van der Waals surface area (Å²) in [7, 11) is 0. The highest BCUT2D eigenvalue weighted by Gasteiger charge is 2.23. The standard InChI is InChI=1S/C26H22O4/c1-3-21-13-23(28-15-25-16-29-25)7-5-19(21)11-17(1)18-2-4-22-14-24(8-6-20(22)12-18)30-26-9-10-27-26/h1-8,11-14,25-26H,9-10,15-16H2. The number of ether oxygens (including phenoxy) is 4. The average molecular weight is 398 g/mol. The molecule has 0 aliphatic carbocycles. The Labute approximate surface area is 174 Å². The number of benzene rings is 4. The highest BCUT2D eigenvalue weighted by atomic mass is 16.7. The number of hydrogen-bond donors (Lipinski definition) is 0. The zero-order valence-electron chi connectivity index (χ0n) is 16.5. The van der Waals surface area contributed by atoms with Crippen LogP contribution in [0.15, 0.2) is 72.8 Å². The molecule has 2 aliphatic rings. The van der Waals surface area contributed by atoms with E-state index >= 15 is 0 Å². The minimum absolute atomic E-state index is 0.0905. The van der Waals surface area contributed by atoms with Crippen molar-refractivity contribution in [1.29, 1.82) is 0 Å². The van der Waals surface area contributed by atoms with Gasteiger partial charge in [-0.25, -0.2) is 0 Å². The average Bonchev–Trinajstić information content (AvgIpc) is 3.58. The molecule has 0 amide bonds. The van der Waals surface area contributed by atoms with Gasteiger partial charge in [-0.05, 0) is 69.1 Å². The van der Waals surface area contributed by atoms with E-state index in [1.165, 1.54) is 27.3 Å². The summed E-state index contributed by atoms with van der Waals surface area (Å²) < 4.78 is 22.2. The molecule has 0 spiro atoms. The molecule has 2 unspecified atom stereocenters. The maximum absolute atomic E-state index is 5.83. The number of hydrogen-bond acceptors (Lipinski definition) is 4. The van der Waals surface area contributed by atoms with Crippen molar-refractivity contribution >= 4 is 21.5 Å². The van der Waals surface area contributed by atoms with Crippen molar-refractivity contribution in [1.82, 2.24) is 0 Å². The van der Waals surface area contributed by atoms with E-state index in [4.69, 9.17) is 18.9 Å². The van der Waals surface area contributed by atoms with E-state index in [9.17, 15) is 0 Å². The predicted octanol–water partition coefficient (Wildman–Crippen LogP) is 5.56. The van der Waals surface area contributed by atoms with Crippen molar-refractivity contribution in [3.8, 4) is 22.6 Å². The van der Waals surface area contributed by atoms with E-state index < -0.39 is 0 Å². The largest absolute Gasteiger partial charge is 0.491 e. The molecule has 150 valence electrons. The molecule has 30 heavy (non-hydrogen) atoms. The van der Waals surface area contributed by atoms with Gasteiger partial charge in [0, 0.05) is 6.42 Å². The summed E-state index contributed by atoms with van der Waals surface area (Å²) in [5.41, 5.74) is 2.40. The molecule has 2 fully saturated rings. The summed E-state index contributed by atoms with van der Waals surface area (Å²) in [6.45, 7) is 2.23. The number of fused-ring (bicyclic) bond motifs is 2. The molecule has 4 nitrogen and oxygen atoms in total. The normalized spacial score (nSPS) is 20.1. The van der Waals surface area contributed by atoms with Crippen molar-refractivity contribution in [2.45, 2.75) is 18.8 Å². The quantitative estimate of drug-likeness (QED) is 0.399. The third kappa shape index (κ3) is 3.60. The van der Waals surface area contributed by atoms with Crippen LogP contribution < -0.4 is 9.47 Å². The fourth-order valence-corrected chi connectivity index (χ4v) is 3.78. The van der Waals surface area contributed by atoms with Crippen molar-refractivity contribution in [3.63, 3.8) is 0 Å². The van der Waals surface area contributed by atoms with Crippen LogP contribution in [0.3, 0.4) is 0 Å². The highest BCUT2D eigenvalue weighted by Crippen LogP contribution is 2.31. The second-order valence-electron chi connectivity index (χ2n) is 7.92. The molecule has 0 aromatic heterocycles. The number of rotatable bonds is 6. The maximum Gasteiger partial charge on any atom is 0.202 e. The molecule has 2 saturated heterocycles. The first-order valence-corrected chi connectivity index (χ1v) is 10.4. The Kier molecular flexibility index (Phi) is 4.33. The smallest absolute Gasteiger partial charge is 0.202 e. The highest BCUT2D eigenvalue weighted by molar-refractivity contribution is 5.92. The van der Waals surface area contributed by atoms with Crippen LogP contribution in [0.25, 0.3) is 32.7 Å². The zero-order chi connectivity index (χ0) is 19.9. The van der Waals surface area contributed by atoms with E-state index in [-0.39, 0.29) is 12.4 Å². The van der Waals surface area contributed by atoms with Crippen LogP contribution >= 0.6 is 0 Å². The molecule has 4 aromatic carbocycles. The van der Waals surface area contributed by atoms with Gasteiger partial charge < -0.3 is 18.9 Å². The van der Waals surface area contributed by atoms with E-state index in [0.29, 0.717) is 6.61 Å². The van der Waals surface area contributed by atoms with E-state index in [1.807, 2.05) is 12.1 Å². The molecule has 2 heterocycles. The summed E-state index contributed by atoms with van der Waals surface area (Å²) >= 11 is 0. The van der Waals surface area contributed by atoms with E-state index in [1.54, 1.807) is 0 Å². The van der Waals surface area contributed by atoms with Gasteiger partial charge in [-0.15, -0.1) is 0 Å². The summed E-state index contributed by atoms with van der Waals surface area (Å²) in [5, 5.41) is 4.74. The topological polar surface area (TPSA) is 40.2 Å². The van der Waals surface area contributed by atoms with Crippen LogP contribution in [-0.2, 0) is 9.47 Å². The van der Waals surface area contributed by atoms with Gasteiger partial charge in [0.1, 0.15) is 24.2 Å². The Morgan fingerprint density at radius 3 is 1.87 bits per heavy atom. The van der Waals surface area contributed by atoms with Crippen LogP contribution in [0.1, 0.15) is 6.42 Å². The molecular formula is C26H22O4. The first-order chi connectivity index (χ1) is 14.8. The van der Waals surface area contributed by atoms with Gasteiger partial charge in [0.15, 0.2) is 0 Å². The molecule has 0 radical (unpaired) electrons. The lowest BCUT2D eigenvalue weighted by molar-refractivity contribution is -0.165. The fraction of sp³-hybridized carbons (Fsp3) is 0.231. The van der Waals surface area contributed by atoms with Gasteiger partial charge in [-0.2, -0.15) is 0 Å². The van der Waals surface area contributed by atoms with Crippen LogP contribution in [0.4, 0.5) is 0 Å². The summed E-state index contributed by atoms with van der Waals surface area (Å²) in [4.78, 5) is 0. The lowest BCUT2D eigenvalue weighted by atomic mass is 9.98. The van der Waals surface area contributed by atoms with E-state index in [2.05, 4.69) is 60.7 Å². The van der Waals surface area contributed by atoms with Gasteiger partial charge in [0.25, 0.3) is 0 Å². The Balaban J connectivity index is 1.26. The monoisotopic (exact) mass is 398 g/mol. The van der Waals surface area contributed by atoms with Crippen LogP contribution in [0.5, 0.6) is 11.5 Å². The zero-order valence-corrected chi connectivity index (χ0v) is 16.5. The second kappa shape index (κ2) is 7.31. The summed E-state index contributed by atoms with van der Waals surface area (Å²) in [6, 6.07) is 25.6. The third-order valence-electron chi connectivity index (χ3n) is 5.72. The molecule has 6 rings (SSSR count). The van der Waals surface area contributed by atoms with E-state index in [0.717, 1.165) is 36.5 Å². The summed E-state index contributed by atoms with van der Waals surface area (Å²) in [5.74, 6) is 1.75. The molecule has 2 atom stereocenters. The van der Waals surface area contributed by atoms with Gasteiger partial charge in [0.2, 0.25) is 6.29 Å². The molecule has 2 aliphatic heterocycles. The lowest BCUT2D eigenvalue weighted by Gasteiger charge is -2.26. The lowest BCUT2D eigenvalue weighted by Crippen LogP contribution is -2.32.